The number of hydrogen-bond acceptors (Lipinski definition) is 13. The molecule has 1 amide bonds. The highest BCUT2D eigenvalue weighted by Gasteiger charge is 2.58. The minimum absolute atomic E-state index is 0.137. The Morgan fingerprint density at radius 2 is 1.74 bits per heavy atom. The van der Waals surface area contributed by atoms with Gasteiger partial charge in [0.1, 0.15) is 18.3 Å². The van der Waals surface area contributed by atoms with Crippen molar-refractivity contribution in [3.8, 4) is 0 Å². The van der Waals surface area contributed by atoms with E-state index in [1.54, 1.807) is 27.7 Å². The van der Waals surface area contributed by atoms with Gasteiger partial charge in [-0.05, 0) is 86.5 Å². The average molecular weight is 750 g/mol. The summed E-state index contributed by atoms with van der Waals surface area (Å²) >= 11 is 0. The van der Waals surface area contributed by atoms with Crippen LogP contribution < -0.4 is 5.32 Å². The van der Waals surface area contributed by atoms with Crippen molar-refractivity contribution in [1.82, 2.24) is 15.1 Å². The van der Waals surface area contributed by atoms with E-state index in [-0.39, 0.29) is 37.1 Å². The van der Waals surface area contributed by atoms with E-state index >= 15 is 0 Å². The number of aliphatic hydroxyl groups excluding tert-OH is 1. The molecule has 0 radical (unpaired) electrons. The third-order valence-corrected chi connectivity index (χ3v) is 11.4. The highest BCUT2D eigenvalue weighted by atomic mass is 16.8. The van der Waals surface area contributed by atoms with Gasteiger partial charge in [0.05, 0.1) is 23.7 Å². The van der Waals surface area contributed by atoms with Crippen LogP contribution in [-0.2, 0) is 39.8 Å². The minimum atomic E-state index is -1.59. The summed E-state index contributed by atoms with van der Waals surface area (Å²) in [6.45, 7) is 15.0. The molecular weight excluding hydrogens is 686 g/mol. The number of hydrogen-bond donors (Lipinski definition) is 3. The smallest absolute Gasteiger partial charge is 0.458 e. The van der Waals surface area contributed by atoms with Crippen LogP contribution >= 0.6 is 0 Å². The normalized spacial score (nSPS) is 40.6. The second-order valence-electron chi connectivity index (χ2n) is 16.2. The third kappa shape index (κ3) is 10.0. The Morgan fingerprint density at radius 1 is 1.08 bits per heavy atom. The van der Waals surface area contributed by atoms with Gasteiger partial charge in [0, 0.05) is 31.1 Å². The van der Waals surface area contributed by atoms with Crippen LogP contribution in [0.4, 0.5) is 9.59 Å². The predicted molar refractivity (Wildman–Crippen MR) is 196 cm³/mol. The lowest BCUT2D eigenvalue weighted by Crippen LogP contribution is -2.59. The first-order valence-electron chi connectivity index (χ1n) is 19.0. The van der Waals surface area contributed by atoms with E-state index < -0.39 is 78.1 Å². The molecule has 0 aliphatic carbocycles. The number of amides is 1. The number of esters is 1. The van der Waals surface area contributed by atoms with Gasteiger partial charge in [0.15, 0.2) is 18.0 Å². The summed E-state index contributed by atoms with van der Waals surface area (Å²) in [5.74, 6) is -2.77. The summed E-state index contributed by atoms with van der Waals surface area (Å²) < 4.78 is 36.6. The topological polar surface area (TPSA) is 166 Å². The van der Waals surface area contributed by atoms with Crippen molar-refractivity contribution in [3.63, 3.8) is 0 Å². The van der Waals surface area contributed by atoms with Gasteiger partial charge in [-0.2, -0.15) is 0 Å². The first-order valence-corrected chi connectivity index (χ1v) is 19.0. The van der Waals surface area contributed by atoms with Crippen LogP contribution in [0.25, 0.3) is 0 Å². The van der Waals surface area contributed by atoms with Crippen molar-refractivity contribution >= 4 is 18.2 Å². The molecule has 53 heavy (non-hydrogen) atoms. The largest absolute Gasteiger partial charge is 0.509 e. The molecule has 3 fully saturated rings. The van der Waals surface area contributed by atoms with E-state index in [2.05, 4.69) is 5.32 Å². The first-order chi connectivity index (χ1) is 24.8. The molecular formula is C39H63N3O11. The maximum Gasteiger partial charge on any atom is 0.509 e. The number of likely N-dealkylation sites (N-methyl/N-ethyl adjacent to an activating group) is 2. The fraction of sp³-hybridized carbons (Fsp3) is 0.769. The molecule has 3 heterocycles. The highest BCUT2D eigenvalue weighted by Crippen LogP contribution is 2.40. The number of ether oxygens (including phenoxy) is 6. The predicted octanol–water partition coefficient (Wildman–Crippen LogP) is 4.09. The summed E-state index contributed by atoms with van der Waals surface area (Å²) in [7, 11) is 5.65. The lowest BCUT2D eigenvalue weighted by Gasteiger charge is -2.47. The highest BCUT2D eigenvalue weighted by molar-refractivity contribution is 5.74. The zero-order chi connectivity index (χ0) is 39.4. The van der Waals surface area contributed by atoms with E-state index in [1.807, 2.05) is 89.0 Å². The lowest BCUT2D eigenvalue weighted by molar-refractivity contribution is -0.299. The van der Waals surface area contributed by atoms with E-state index in [4.69, 9.17) is 28.4 Å². The number of nitrogens with one attached hydrogen (secondary N) is 1. The van der Waals surface area contributed by atoms with Gasteiger partial charge < -0.3 is 48.9 Å². The Morgan fingerprint density at radius 3 is 2.36 bits per heavy atom. The maximum absolute atomic E-state index is 14.2. The number of aliphatic hydroxyl groups is 2. The number of nitrogens with zero attached hydrogens (tertiary/aromatic N) is 2. The van der Waals surface area contributed by atoms with E-state index in [0.29, 0.717) is 19.4 Å². The molecule has 14 heteroatoms. The second kappa shape index (κ2) is 17.6. The molecule has 0 bridgehead atoms. The molecule has 14 nitrogen and oxygen atoms in total. The summed E-state index contributed by atoms with van der Waals surface area (Å²) in [5.41, 5.74) is -2.06. The molecule has 3 N–H and O–H groups in total. The molecule has 14 atom stereocenters. The van der Waals surface area contributed by atoms with Crippen LogP contribution in [0.15, 0.2) is 30.3 Å². The van der Waals surface area contributed by atoms with Gasteiger partial charge in [0.2, 0.25) is 0 Å². The third-order valence-electron chi connectivity index (χ3n) is 11.4. The summed E-state index contributed by atoms with van der Waals surface area (Å²) in [6.07, 6.45) is -6.97. The van der Waals surface area contributed by atoms with Crippen LogP contribution in [0, 0.1) is 17.8 Å². The van der Waals surface area contributed by atoms with Crippen molar-refractivity contribution < 1.29 is 53.0 Å². The number of alkyl carbamates (subject to hydrolysis) is 1. The summed E-state index contributed by atoms with van der Waals surface area (Å²) in [4.78, 5) is 44.3. The van der Waals surface area contributed by atoms with Gasteiger partial charge in [-0.1, -0.05) is 51.1 Å². The molecule has 0 spiro atoms. The van der Waals surface area contributed by atoms with Gasteiger partial charge in [-0.3, -0.25) is 9.69 Å². The van der Waals surface area contributed by atoms with Crippen LogP contribution in [0.1, 0.15) is 80.2 Å². The van der Waals surface area contributed by atoms with Crippen LogP contribution in [0.3, 0.4) is 0 Å². The molecule has 0 aromatic heterocycles. The van der Waals surface area contributed by atoms with Crippen molar-refractivity contribution in [2.75, 3.05) is 27.7 Å². The van der Waals surface area contributed by atoms with Crippen LogP contribution in [0.5, 0.6) is 0 Å². The molecule has 4 rings (SSSR count). The fourth-order valence-corrected chi connectivity index (χ4v) is 8.48. The first kappa shape index (κ1) is 42.7. The van der Waals surface area contributed by atoms with Gasteiger partial charge in [-0.15, -0.1) is 0 Å². The van der Waals surface area contributed by atoms with Gasteiger partial charge in [-0.25, -0.2) is 9.59 Å². The van der Waals surface area contributed by atoms with Crippen molar-refractivity contribution in [2.24, 2.45) is 17.8 Å². The Hall–Kier alpha value is -3.01. The van der Waals surface area contributed by atoms with Crippen molar-refractivity contribution in [2.45, 2.75) is 147 Å². The van der Waals surface area contributed by atoms with E-state index in [0.717, 1.165) is 5.56 Å². The molecule has 3 aliphatic rings. The molecule has 0 unspecified atom stereocenters. The van der Waals surface area contributed by atoms with E-state index in [9.17, 15) is 24.6 Å². The Balaban J connectivity index is 1.77. The number of fused-ring (bicyclic) bond motifs is 1. The molecule has 3 aliphatic heterocycles. The Labute approximate surface area is 314 Å². The van der Waals surface area contributed by atoms with Crippen molar-refractivity contribution in [1.29, 1.82) is 0 Å². The van der Waals surface area contributed by atoms with Crippen molar-refractivity contribution in [3.05, 3.63) is 35.9 Å². The molecule has 1 aromatic carbocycles. The Kier molecular flexibility index (Phi) is 14.2. The monoisotopic (exact) mass is 749 g/mol. The van der Waals surface area contributed by atoms with Gasteiger partial charge >= 0.3 is 18.2 Å². The second-order valence-corrected chi connectivity index (χ2v) is 16.2. The summed E-state index contributed by atoms with van der Waals surface area (Å²) in [6, 6.07) is 8.67. The Bertz CT molecular complexity index is 1380. The van der Waals surface area contributed by atoms with Crippen LogP contribution in [0.2, 0.25) is 0 Å². The molecule has 3 saturated heterocycles. The standard InChI is InChI=1S/C39H63N3O11/c1-12-29-39(8)33(52-37(46)53-39)26(6)42(11)21-22(2)19-38(7,47)32(51-35-30(43)28(41(9)10)18-23(3)48-35)24(4)31(25(5)34(44)49-29)50-36(45)40-20-27-16-14-13-15-17-27/h13-17,22-26,28-33,35,43,47H,12,18-21H2,1-11H3,(H,40,45)/t22-,23-,24+,25-,26-,28+,29-,30-,31+,32-,33-,35+,38-,39-/m1/s1. The number of benzene rings is 1. The van der Waals surface area contributed by atoms with Crippen LogP contribution in [-0.4, -0.2) is 132 Å². The lowest BCUT2D eigenvalue weighted by atomic mass is 9.77. The summed E-state index contributed by atoms with van der Waals surface area (Å²) in [5, 5.41) is 26.7. The molecule has 1 aromatic rings. The SMILES string of the molecule is CC[C@H]1OC(=O)[C@H](C)[C@@H](OC(=O)NCc2ccccc2)[C@H](C)[C@@H](O[C@@H]2O[C@H](C)C[C@H](N(C)C)[C@H]2O)[C@](C)(O)C[C@@H](C)CN(C)[C@H](C)[C@H]2OC(=O)O[C@@]21C. The molecule has 0 saturated carbocycles. The quantitative estimate of drug-likeness (QED) is 0.270. The zero-order valence-electron chi connectivity index (χ0n) is 33.3. The number of rotatable bonds is 7. The van der Waals surface area contributed by atoms with Gasteiger partial charge in [0.25, 0.3) is 0 Å². The average Bonchev–Trinajstić information content (AvgIpc) is 3.41. The zero-order valence-corrected chi connectivity index (χ0v) is 33.3. The minimum Gasteiger partial charge on any atom is -0.458 e. The maximum atomic E-state index is 14.2. The molecule has 300 valence electrons. The number of carbonyl (C=O) groups excluding carboxylic acids is 3. The fourth-order valence-electron chi connectivity index (χ4n) is 8.48. The van der Waals surface area contributed by atoms with E-state index in [1.165, 1.54) is 0 Å². The number of cyclic esters (lactones) is 1. The number of carbonyl (C=O) groups is 3.